The second-order valence-electron chi connectivity index (χ2n) is 6.56. The molecule has 20 heavy (non-hydrogen) atoms. The highest BCUT2D eigenvalue weighted by Gasteiger charge is 2.34. The Morgan fingerprint density at radius 2 is 2.10 bits per heavy atom. The van der Waals surface area contributed by atoms with Crippen molar-refractivity contribution < 1.29 is 0 Å². The van der Waals surface area contributed by atoms with Gasteiger partial charge in [-0.3, -0.25) is 4.90 Å². The Morgan fingerprint density at radius 3 is 2.80 bits per heavy atom. The zero-order valence-corrected chi connectivity index (χ0v) is 13.3. The SMILES string of the molecule is Cc1ccc(CN2CC(C3CC3)NCCC2C)c(Cl)c1. The fraction of sp³-hybridized carbons (Fsp3) is 0.647. The lowest BCUT2D eigenvalue weighted by Gasteiger charge is -2.29. The molecule has 2 fully saturated rings. The first-order valence-electron chi connectivity index (χ1n) is 7.86. The van der Waals surface area contributed by atoms with Crippen LogP contribution in [0, 0.1) is 12.8 Å². The van der Waals surface area contributed by atoms with Gasteiger partial charge < -0.3 is 5.32 Å². The molecule has 0 aromatic heterocycles. The predicted octanol–water partition coefficient (Wildman–Crippen LogP) is 3.61. The lowest BCUT2D eigenvalue weighted by molar-refractivity contribution is 0.191. The Labute approximate surface area is 127 Å². The molecule has 2 atom stereocenters. The largest absolute Gasteiger partial charge is 0.312 e. The Kier molecular flexibility index (Phi) is 4.34. The summed E-state index contributed by atoms with van der Waals surface area (Å²) in [5.74, 6) is 0.913. The molecule has 1 N–H and O–H groups in total. The Balaban J connectivity index is 1.72. The molecule has 3 heteroatoms. The van der Waals surface area contributed by atoms with E-state index in [1.807, 2.05) is 0 Å². The first-order chi connectivity index (χ1) is 9.63. The summed E-state index contributed by atoms with van der Waals surface area (Å²) in [6, 6.07) is 7.75. The molecule has 0 spiro atoms. The molecule has 0 radical (unpaired) electrons. The van der Waals surface area contributed by atoms with Crippen molar-refractivity contribution in [3.05, 3.63) is 34.3 Å². The summed E-state index contributed by atoms with van der Waals surface area (Å²) in [6.45, 7) is 7.73. The summed E-state index contributed by atoms with van der Waals surface area (Å²) in [6.07, 6.45) is 4.04. The van der Waals surface area contributed by atoms with Crippen LogP contribution in [-0.4, -0.2) is 30.1 Å². The molecule has 1 aliphatic carbocycles. The number of rotatable bonds is 3. The molecule has 1 aromatic carbocycles. The summed E-state index contributed by atoms with van der Waals surface area (Å²) in [5.41, 5.74) is 2.50. The van der Waals surface area contributed by atoms with Gasteiger partial charge in [-0.1, -0.05) is 23.7 Å². The third-order valence-corrected chi connectivity index (χ3v) is 5.15. The fourth-order valence-corrected chi connectivity index (χ4v) is 3.49. The minimum absolute atomic E-state index is 0.628. The van der Waals surface area contributed by atoms with E-state index in [1.165, 1.54) is 30.4 Å². The number of nitrogens with zero attached hydrogens (tertiary/aromatic N) is 1. The predicted molar refractivity (Wildman–Crippen MR) is 85.2 cm³/mol. The molecule has 1 saturated heterocycles. The van der Waals surface area contributed by atoms with E-state index in [1.54, 1.807) is 0 Å². The van der Waals surface area contributed by atoms with Crippen molar-refractivity contribution in [2.75, 3.05) is 13.1 Å². The fourth-order valence-electron chi connectivity index (χ4n) is 3.19. The smallest absolute Gasteiger partial charge is 0.0453 e. The Bertz CT molecular complexity index is 470. The van der Waals surface area contributed by atoms with Crippen molar-refractivity contribution in [1.29, 1.82) is 0 Å². The number of nitrogens with one attached hydrogen (secondary N) is 1. The summed E-state index contributed by atoms with van der Waals surface area (Å²) in [4.78, 5) is 2.61. The minimum atomic E-state index is 0.628. The van der Waals surface area contributed by atoms with Crippen LogP contribution >= 0.6 is 11.6 Å². The lowest BCUT2D eigenvalue weighted by atomic mass is 10.1. The summed E-state index contributed by atoms with van der Waals surface area (Å²) >= 11 is 6.41. The summed E-state index contributed by atoms with van der Waals surface area (Å²) in [7, 11) is 0. The molecule has 0 bridgehead atoms. The van der Waals surface area contributed by atoms with Crippen molar-refractivity contribution in [1.82, 2.24) is 10.2 Å². The number of benzene rings is 1. The zero-order chi connectivity index (χ0) is 14.1. The molecular formula is C17H25ClN2. The quantitative estimate of drug-likeness (QED) is 0.915. The maximum atomic E-state index is 6.41. The maximum absolute atomic E-state index is 6.41. The summed E-state index contributed by atoms with van der Waals surface area (Å²) < 4.78 is 0. The molecule has 1 aliphatic heterocycles. The molecule has 1 heterocycles. The van der Waals surface area contributed by atoms with E-state index >= 15 is 0 Å². The van der Waals surface area contributed by atoms with Crippen molar-refractivity contribution in [3.8, 4) is 0 Å². The van der Waals surface area contributed by atoms with Crippen LogP contribution < -0.4 is 5.32 Å². The van der Waals surface area contributed by atoms with Crippen LogP contribution in [0.25, 0.3) is 0 Å². The van der Waals surface area contributed by atoms with E-state index in [9.17, 15) is 0 Å². The van der Waals surface area contributed by atoms with Crippen LogP contribution in [0.5, 0.6) is 0 Å². The van der Waals surface area contributed by atoms with E-state index < -0.39 is 0 Å². The molecule has 1 saturated carbocycles. The zero-order valence-electron chi connectivity index (χ0n) is 12.5. The van der Waals surface area contributed by atoms with Crippen molar-refractivity contribution >= 4 is 11.6 Å². The molecule has 0 amide bonds. The van der Waals surface area contributed by atoms with Crippen LogP contribution in [-0.2, 0) is 6.54 Å². The van der Waals surface area contributed by atoms with Gasteiger partial charge in [0.25, 0.3) is 0 Å². The average Bonchev–Trinajstić information content (AvgIpc) is 3.22. The highest BCUT2D eigenvalue weighted by atomic mass is 35.5. The van der Waals surface area contributed by atoms with E-state index in [2.05, 4.69) is 42.3 Å². The van der Waals surface area contributed by atoms with E-state index in [0.29, 0.717) is 12.1 Å². The van der Waals surface area contributed by atoms with E-state index in [4.69, 9.17) is 11.6 Å². The molecule has 2 aliphatic rings. The maximum Gasteiger partial charge on any atom is 0.0453 e. The molecule has 110 valence electrons. The third-order valence-electron chi connectivity index (χ3n) is 4.80. The van der Waals surface area contributed by atoms with Crippen molar-refractivity contribution in [2.45, 2.75) is 51.7 Å². The van der Waals surface area contributed by atoms with E-state index in [-0.39, 0.29) is 0 Å². The standard InChI is InChI=1S/C17H25ClN2/c1-12-3-4-15(16(18)9-12)10-20-11-17(14-5-6-14)19-8-7-13(20)2/h3-4,9,13-14,17,19H,5-8,10-11H2,1-2H3. The van der Waals surface area contributed by atoms with Gasteiger partial charge in [-0.2, -0.15) is 0 Å². The van der Waals surface area contributed by atoms with Crippen molar-refractivity contribution in [2.24, 2.45) is 5.92 Å². The molecule has 3 rings (SSSR count). The lowest BCUT2D eigenvalue weighted by Crippen LogP contribution is -2.40. The average molecular weight is 293 g/mol. The molecular weight excluding hydrogens is 268 g/mol. The normalized spacial score (nSPS) is 28.4. The van der Waals surface area contributed by atoms with Crippen LogP contribution in [0.4, 0.5) is 0 Å². The van der Waals surface area contributed by atoms with Gasteiger partial charge in [0.05, 0.1) is 0 Å². The van der Waals surface area contributed by atoms with Gasteiger partial charge in [-0.25, -0.2) is 0 Å². The topological polar surface area (TPSA) is 15.3 Å². The first kappa shape index (κ1) is 14.4. The molecule has 1 aromatic rings. The van der Waals surface area contributed by atoms with Crippen molar-refractivity contribution in [3.63, 3.8) is 0 Å². The Morgan fingerprint density at radius 1 is 1.30 bits per heavy atom. The van der Waals surface area contributed by atoms with Gasteiger partial charge in [0.2, 0.25) is 0 Å². The highest BCUT2D eigenvalue weighted by Crippen LogP contribution is 2.34. The summed E-state index contributed by atoms with van der Waals surface area (Å²) in [5, 5.41) is 4.65. The minimum Gasteiger partial charge on any atom is -0.312 e. The van der Waals surface area contributed by atoms with E-state index in [0.717, 1.165) is 30.6 Å². The number of hydrogen-bond donors (Lipinski definition) is 1. The second-order valence-corrected chi connectivity index (χ2v) is 6.97. The van der Waals surface area contributed by atoms with Gasteiger partial charge in [-0.05, 0) is 62.8 Å². The van der Waals surface area contributed by atoms with Crippen LogP contribution in [0.1, 0.15) is 37.3 Å². The molecule has 2 unspecified atom stereocenters. The van der Waals surface area contributed by atoms with Gasteiger partial charge in [0.15, 0.2) is 0 Å². The van der Waals surface area contributed by atoms with Crippen LogP contribution in [0.15, 0.2) is 18.2 Å². The highest BCUT2D eigenvalue weighted by molar-refractivity contribution is 6.31. The second kappa shape index (κ2) is 6.05. The molecule has 2 nitrogen and oxygen atoms in total. The van der Waals surface area contributed by atoms with Crippen LogP contribution in [0.3, 0.4) is 0 Å². The van der Waals surface area contributed by atoms with Crippen LogP contribution in [0.2, 0.25) is 5.02 Å². The number of hydrogen-bond acceptors (Lipinski definition) is 2. The van der Waals surface area contributed by atoms with Gasteiger partial charge in [0.1, 0.15) is 0 Å². The Hall–Kier alpha value is -0.570. The van der Waals surface area contributed by atoms with Gasteiger partial charge in [-0.15, -0.1) is 0 Å². The third kappa shape index (κ3) is 3.36. The monoisotopic (exact) mass is 292 g/mol. The number of aryl methyl sites for hydroxylation is 1. The van der Waals surface area contributed by atoms with Gasteiger partial charge in [0, 0.05) is 30.2 Å². The van der Waals surface area contributed by atoms with Gasteiger partial charge >= 0.3 is 0 Å². The first-order valence-corrected chi connectivity index (χ1v) is 8.24. The number of halogens is 1.